The van der Waals surface area contributed by atoms with Gasteiger partial charge in [-0.3, -0.25) is 14.2 Å². The van der Waals surface area contributed by atoms with Crippen molar-refractivity contribution in [1.82, 2.24) is 44.7 Å². The summed E-state index contributed by atoms with van der Waals surface area (Å²) in [6.45, 7) is 1.30. The predicted molar refractivity (Wildman–Crippen MR) is 140 cm³/mol. The van der Waals surface area contributed by atoms with E-state index in [-0.39, 0.29) is 18.2 Å². The van der Waals surface area contributed by atoms with Gasteiger partial charge in [0.25, 0.3) is 5.91 Å². The van der Waals surface area contributed by atoms with E-state index in [0.717, 1.165) is 24.9 Å². The predicted octanol–water partition coefficient (Wildman–Crippen LogP) is 0.551. The number of benzene rings is 1. The Labute approximate surface area is 217 Å². The fourth-order valence-electron chi connectivity index (χ4n) is 4.31. The topological polar surface area (TPSA) is 155 Å². The number of rotatable bonds is 8. The van der Waals surface area contributed by atoms with Gasteiger partial charge in [0.2, 0.25) is 17.8 Å². The molecule has 4 aromatic rings. The zero-order valence-corrected chi connectivity index (χ0v) is 21.0. The van der Waals surface area contributed by atoms with Gasteiger partial charge in [0.15, 0.2) is 5.65 Å². The molecule has 0 spiro atoms. The van der Waals surface area contributed by atoms with Crippen molar-refractivity contribution >= 4 is 40.5 Å². The maximum absolute atomic E-state index is 12.6. The van der Waals surface area contributed by atoms with Gasteiger partial charge in [-0.05, 0) is 51.2 Å². The van der Waals surface area contributed by atoms with Crippen LogP contribution in [0.25, 0.3) is 28.7 Å². The van der Waals surface area contributed by atoms with Crippen molar-refractivity contribution in [1.29, 1.82) is 0 Å². The highest BCUT2D eigenvalue weighted by molar-refractivity contribution is 6.01. The largest absolute Gasteiger partial charge is 0.373 e. The molecule has 2 amide bonds. The first-order valence-corrected chi connectivity index (χ1v) is 12.5. The molecule has 2 fully saturated rings. The van der Waals surface area contributed by atoms with Crippen LogP contribution in [-0.4, -0.2) is 90.4 Å². The van der Waals surface area contributed by atoms with Gasteiger partial charge in [-0.1, -0.05) is 0 Å². The second kappa shape index (κ2) is 9.50. The molecule has 1 aromatic carbocycles. The van der Waals surface area contributed by atoms with Gasteiger partial charge in [-0.2, -0.15) is 19.6 Å². The molecule has 6 rings (SSSR count). The highest BCUT2D eigenvalue weighted by Gasteiger charge is 2.27. The van der Waals surface area contributed by atoms with Gasteiger partial charge >= 0.3 is 0 Å². The number of amides is 2. The van der Waals surface area contributed by atoms with Crippen LogP contribution in [0.4, 0.5) is 5.95 Å². The molecule has 1 aliphatic heterocycles. The number of anilines is 1. The molecule has 1 atom stereocenters. The monoisotopic (exact) mass is 516 g/mol. The number of likely N-dealkylation sites (N-methyl/N-ethyl adjacent to an activating group) is 1. The van der Waals surface area contributed by atoms with Gasteiger partial charge in [-0.15, -0.1) is 0 Å². The fourth-order valence-corrected chi connectivity index (χ4v) is 4.31. The Kier molecular flexibility index (Phi) is 6.00. The van der Waals surface area contributed by atoms with Crippen molar-refractivity contribution in [2.75, 3.05) is 32.5 Å². The Morgan fingerprint density at radius 2 is 2.13 bits per heavy atom. The van der Waals surface area contributed by atoms with Gasteiger partial charge in [-0.25, -0.2) is 4.98 Å². The number of nitrogens with one attached hydrogen (secondary N) is 3. The molecule has 1 aliphatic carbocycles. The molecule has 13 heteroatoms. The highest BCUT2D eigenvalue weighted by atomic mass is 16.3. The maximum Gasteiger partial charge on any atom is 0.251 e. The number of carbonyl (C=O) groups excluding carboxylic acids is 2. The van der Waals surface area contributed by atoms with Gasteiger partial charge in [0.1, 0.15) is 12.6 Å². The van der Waals surface area contributed by atoms with Crippen LogP contribution >= 0.6 is 0 Å². The van der Waals surface area contributed by atoms with Crippen LogP contribution < -0.4 is 16.0 Å². The Morgan fingerprint density at radius 3 is 2.87 bits per heavy atom. The van der Waals surface area contributed by atoms with E-state index >= 15 is 0 Å². The van der Waals surface area contributed by atoms with Gasteiger partial charge in [0, 0.05) is 42.3 Å². The van der Waals surface area contributed by atoms with Crippen LogP contribution in [0.15, 0.2) is 36.3 Å². The van der Waals surface area contributed by atoms with Crippen molar-refractivity contribution in [2.24, 2.45) is 0 Å². The number of aromatic nitrogens is 6. The van der Waals surface area contributed by atoms with Crippen molar-refractivity contribution in [2.45, 2.75) is 31.5 Å². The smallest absolute Gasteiger partial charge is 0.251 e. The average Bonchev–Trinajstić information content (AvgIpc) is 3.30. The number of fused-ring (bicyclic) bond motifs is 2. The van der Waals surface area contributed by atoms with E-state index in [1.165, 1.54) is 0 Å². The van der Waals surface area contributed by atoms with Gasteiger partial charge < -0.3 is 26.0 Å². The number of hydrogen-bond donors (Lipinski definition) is 4. The van der Waals surface area contributed by atoms with E-state index in [1.807, 2.05) is 25.1 Å². The Bertz CT molecular complexity index is 1580. The standard InChI is InChI=1S/C25H28N10O3/c1-33(2)8-7-26-22(37)14-3-6-19-18(10-14)27-13-34(19)24-31-21-16(9-15-11-20(36)30-23(15)38)12-28-35(21)25(32-24)29-17-4-5-17/h3,6,9-10,12-13,17,20,36H,4-5,7-8,11H2,1-2H3,(H,26,37)(H,30,38)(H,29,31,32). The first kappa shape index (κ1) is 24.0. The molecule has 1 saturated heterocycles. The SMILES string of the molecule is CN(C)CCNC(=O)c1ccc2c(c1)ncn2-c1nc(NC2CC2)n2ncc(C=C3CC(O)NC3=O)c2n1. The molecule has 0 radical (unpaired) electrons. The van der Waals surface area contributed by atoms with Crippen molar-refractivity contribution in [3.05, 3.63) is 47.4 Å². The summed E-state index contributed by atoms with van der Waals surface area (Å²) in [5, 5.41) is 23.0. The van der Waals surface area contributed by atoms with E-state index < -0.39 is 6.23 Å². The van der Waals surface area contributed by atoms with Crippen molar-refractivity contribution in [3.8, 4) is 5.95 Å². The number of aliphatic hydroxyl groups is 1. The van der Waals surface area contributed by atoms with E-state index in [9.17, 15) is 14.7 Å². The van der Waals surface area contributed by atoms with Crippen LogP contribution in [0.5, 0.6) is 0 Å². The fraction of sp³-hybridized carbons (Fsp3) is 0.360. The van der Waals surface area contributed by atoms with E-state index in [4.69, 9.17) is 9.97 Å². The number of hydrogen-bond acceptors (Lipinski definition) is 9. The highest BCUT2D eigenvalue weighted by Crippen LogP contribution is 2.27. The molecule has 38 heavy (non-hydrogen) atoms. The van der Waals surface area contributed by atoms with E-state index in [1.54, 1.807) is 39.8 Å². The average molecular weight is 517 g/mol. The summed E-state index contributed by atoms with van der Waals surface area (Å²) in [4.78, 5) is 40.8. The summed E-state index contributed by atoms with van der Waals surface area (Å²) in [5.74, 6) is 0.439. The van der Waals surface area contributed by atoms with Crippen LogP contribution in [-0.2, 0) is 4.79 Å². The van der Waals surface area contributed by atoms with Crippen molar-refractivity contribution < 1.29 is 14.7 Å². The molecule has 13 nitrogen and oxygen atoms in total. The lowest BCUT2D eigenvalue weighted by Crippen LogP contribution is -2.31. The van der Waals surface area contributed by atoms with E-state index in [0.29, 0.717) is 52.3 Å². The minimum absolute atomic E-state index is 0.158. The lowest BCUT2D eigenvalue weighted by Gasteiger charge is -2.11. The van der Waals surface area contributed by atoms with Crippen molar-refractivity contribution in [3.63, 3.8) is 0 Å². The van der Waals surface area contributed by atoms with Crippen LogP contribution in [0.3, 0.4) is 0 Å². The third-order valence-corrected chi connectivity index (χ3v) is 6.50. The van der Waals surface area contributed by atoms with Crippen LogP contribution in [0.2, 0.25) is 0 Å². The number of carbonyl (C=O) groups is 2. The summed E-state index contributed by atoms with van der Waals surface area (Å²) in [7, 11) is 3.91. The molecule has 196 valence electrons. The third kappa shape index (κ3) is 4.68. The summed E-state index contributed by atoms with van der Waals surface area (Å²) >= 11 is 0. The summed E-state index contributed by atoms with van der Waals surface area (Å²) in [6.07, 6.45) is 6.35. The first-order valence-electron chi connectivity index (χ1n) is 12.5. The Morgan fingerprint density at radius 1 is 1.29 bits per heavy atom. The minimum Gasteiger partial charge on any atom is -0.373 e. The molecule has 1 unspecified atom stereocenters. The zero-order valence-electron chi connectivity index (χ0n) is 21.0. The maximum atomic E-state index is 12.6. The summed E-state index contributed by atoms with van der Waals surface area (Å²) in [5.41, 5.74) is 3.50. The second-order valence-electron chi connectivity index (χ2n) is 9.84. The molecule has 1 saturated carbocycles. The molecule has 0 bridgehead atoms. The van der Waals surface area contributed by atoms with Crippen LogP contribution in [0, 0.1) is 0 Å². The molecule has 4 N–H and O–H groups in total. The summed E-state index contributed by atoms with van der Waals surface area (Å²) in [6, 6.07) is 5.65. The normalized spacial score (nSPS) is 18.6. The Balaban J connectivity index is 1.37. The zero-order chi connectivity index (χ0) is 26.4. The molecule has 3 aromatic heterocycles. The first-order chi connectivity index (χ1) is 18.4. The third-order valence-electron chi connectivity index (χ3n) is 6.50. The Hall–Kier alpha value is -4.36. The lowest BCUT2D eigenvalue weighted by atomic mass is 10.1. The molecular formula is C25H28N10O3. The molecule has 4 heterocycles. The number of imidazole rings is 1. The lowest BCUT2D eigenvalue weighted by molar-refractivity contribution is -0.117. The van der Waals surface area contributed by atoms with Gasteiger partial charge in [0.05, 0.1) is 17.2 Å². The minimum atomic E-state index is -0.898. The molecule has 2 aliphatic rings. The number of aliphatic hydroxyl groups excluding tert-OH is 1. The second-order valence-corrected chi connectivity index (χ2v) is 9.84. The molecular weight excluding hydrogens is 488 g/mol. The summed E-state index contributed by atoms with van der Waals surface area (Å²) < 4.78 is 3.38. The number of nitrogens with zero attached hydrogens (tertiary/aromatic N) is 7. The van der Waals surface area contributed by atoms with E-state index in [2.05, 4.69) is 26.0 Å². The van der Waals surface area contributed by atoms with Crippen LogP contribution in [0.1, 0.15) is 35.2 Å². The quantitative estimate of drug-likeness (QED) is 0.246.